The molecule has 0 bridgehead atoms. The Morgan fingerprint density at radius 2 is 2.38 bits per heavy atom. The third-order valence-electron chi connectivity index (χ3n) is 1.51. The highest BCUT2D eigenvalue weighted by atomic mass is 35.5. The van der Waals surface area contributed by atoms with Crippen molar-refractivity contribution in [2.75, 3.05) is 0 Å². The average molecular weight is 218 g/mol. The summed E-state index contributed by atoms with van der Waals surface area (Å²) in [6, 6.07) is 3.40. The lowest BCUT2D eigenvalue weighted by atomic mass is 10.1. The minimum absolute atomic E-state index is 0. The standard InChI is InChI=1S/C8H8ClN3.ClH/c9-7-5-12-4-2-6(7)8(11)1-3-10;/h2,4-5,8H,1,11H2;1H/t8-;/m0./s1. The van der Waals surface area contributed by atoms with Crippen molar-refractivity contribution in [1.29, 1.82) is 5.26 Å². The van der Waals surface area contributed by atoms with Gasteiger partial charge in [-0.2, -0.15) is 5.26 Å². The van der Waals surface area contributed by atoms with E-state index in [1.54, 1.807) is 12.3 Å². The van der Waals surface area contributed by atoms with Gasteiger partial charge in [0, 0.05) is 18.4 Å². The molecule has 0 saturated carbocycles. The predicted octanol–water partition coefficient (Wildman–Crippen LogP) is 2.07. The second-order valence-corrected chi connectivity index (χ2v) is 2.77. The predicted molar refractivity (Wildman–Crippen MR) is 53.7 cm³/mol. The summed E-state index contributed by atoms with van der Waals surface area (Å²) in [5.41, 5.74) is 6.44. The first kappa shape index (κ1) is 12.2. The lowest BCUT2D eigenvalue weighted by molar-refractivity contribution is 0.747. The van der Waals surface area contributed by atoms with Gasteiger partial charge in [-0.25, -0.2) is 0 Å². The number of nitrogens with two attached hydrogens (primary N) is 1. The molecule has 1 aromatic heterocycles. The molecule has 0 unspecified atom stereocenters. The summed E-state index contributed by atoms with van der Waals surface area (Å²) >= 11 is 5.80. The Morgan fingerprint density at radius 3 is 2.92 bits per heavy atom. The first-order valence-electron chi connectivity index (χ1n) is 3.47. The molecule has 0 aromatic carbocycles. The highest BCUT2D eigenvalue weighted by molar-refractivity contribution is 6.31. The molecular formula is C8H9Cl2N3. The minimum atomic E-state index is -0.314. The smallest absolute Gasteiger partial charge is 0.0641 e. The van der Waals surface area contributed by atoms with Crippen LogP contribution >= 0.6 is 24.0 Å². The zero-order valence-electron chi connectivity index (χ0n) is 6.77. The van der Waals surface area contributed by atoms with Crippen molar-refractivity contribution in [3.63, 3.8) is 0 Å². The SMILES string of the molecule is Cl.N#CC[C@H](N)c1ccncc1Cl. The van der Waals surface area contributed by atoms with E-state index in [4.69, 9.17) is 22.6 Å². The molecule has 0 fully saturated rings. The Bertz CT molecular complexity index is 309. The summed E-state index contributed by atoms with van der Waals surface area (Å²) in [7, 11) is 0. The van der Waals surface area contributed by atoms with Crippen LogP contribution in [-0.2, 0) is 0 Å². The van der Waals surface area contributed by atoms with Gasteiger partial charge in [-0.1, -0.05) is 11.6 Å². The van der Waals surface area contributed by atoms with Crippen molar-refractivity contribution in [1.82, 2.24) is 4.98 Å². The molecule has 0 aliphatic carbocycles. The Balaban J connectivity index is 0.00000144. The summed E-state index contributed by atoms with van der Waals surface area (Å²) in [6.07, 6.45) is 3.40. The van der Waals surface area contributed by atoms with E-state index in [9.17, 15) is 0 Å². The fraction of sp³-hybridized carbons (Fsp3) is 0.250. The molecule has 3 nitrogen and oxygen atoms in total. The maximum atomic E-state index is 8.40. The van der Waals surface area contributed by atoms with Crippen molar-refractivity contribution in [3.05, 3.63) is 29.0 Å². The summed E-state index contributed by atoms with van der Waals surface area (Å²) in [5, 5.41) is 8.91. The van der Waals surface area contributed by atoms with E-state index in [2.05, 4.69) is 4.98 Å². The van der Waals surface area contributed by atoms with Crippen LogP contribution in [-0.4, -0.2) is 4.98 Å². The molecular weight excluding hydrogens is 209 g/mol. The monoisotopic (exact) mass is 217 g/mol. The summed E-state index contributed by atoms with van der Waals surface area (Å²) < 4.78 is 0. The Kier molecular flexibility index (Phi) is 5.40. The molecule has 1 aromatic rings. The van der Waals surface area contributed by atoms with Crippen molar-refractivity contribution in [3.8, 4) is 6.07 Å². The van der Waals surface area contributed by atoms with Gasteiger partial charge in [-0.3, -0.25) is 4.98 Å². The molecule has 1 atom stereocenters. The van der Waals surface area contributed by atoms with Gasteiger partial charge < -0.3 is 5.73 Å². The average Bonchev–Trinajstić information content (AvgIpc) is 2.05. The van der Waals surface area contributed by atoms with Crippen LogP contribution in [0.15, 0.2) is 18.5 Å². The van der Waals surface area contributed by atoms with E-state index in [1.165, 1.54) is 6.20 Å². The van der Waals surface area contributed by atoms with Gasteiger partial charge in [0.25, 0.3) is 0 Å². The molecule has 0 spiro atoms. The Hall–Kier alpha value is -0.820. The van der Waals surface area contributed by atoms with E-state index in [0.717, 1.165) is 5.56 Å². The molecule has 70 valence electrons. The van der Waals surface area contributed by atoms with Gasteiger partial charge in [-0.05, 0) is 11.6 Å². The Labute approximate surface area is 87.9 Å². The zero-order valence-corrected chi connectivity index (χ0v) is 8.35. The van der Waals surface area contributed by atoms with Crippen LogP contribution in [0.25, 0.3) is 0 Å². The van der Waals surface area contributed by atoms with Crippen molar-refractivity contribution in [2.24, 2.45) is 5.73 Å². The van der Waals surface area contributed by atoms with E-state index < -0.39 is 0 Å². The first-order valence-corrected chi connectivity index (χ1v) is 3.85. The molecule has 1 heterocycles. The van der Waals surface area contributed by atoms with Crippen LogP contribution in [0.2, 0.25) is 5.02 Å². The first-order chi connectivity index (χ1) is 5.75. The van der Waals surface area contributed by atoms with Crippen LogP contribution < -0.4 is 5.73 Å². The van der Waals surface area contributed by atoms with Gasteiger partial charge in [0.2, 0.25) is 0 Å². The fourth-order valence-electron chi connectivity index (χ4n) is 0.895. The van der Waals surface area contributed by atoms with E-state index in [1.807, 2.05) is 6.07 Å². The number of nitriles is 1. The molecule has 0 aliphatic rings. The number of nitrogens with zero attached hydrogens (tertiary/aromatic N) is 2. The summed E-state index contributed by atoms with van der Waals surface area (Å²) in [6.45, 7) is 0. The highest BCUT2D eigenvalue weighted by Gasteiger charge is 2.08. The molecule has 0 amide bonds. The van der Waals surface area contributed by atoms with Gasteiger partial charge in [0.05, 0.1) is 17.5 Å². The molecule has 1 rings (SSSR count). The molecule has 13 heavy (non-hydrogen) atoms. The van der Waals surface area contributed by atoms with Crippen LogP contribution in [0.5, 0.6) is 0 Å². The second kappa shape index (κ2) is 5.76. The van der Waals surface area contributed by atoms with Gasteiger partial charge in [-0.15, -0.1) is 12.4 Å². The molecule has 2 N–H and O–H groups in total. The van der Waals surface area contributed by atoms with E-state index >= 15 is 0 Å². The number of halogens is 2. The number of hydrogen-bond donors (Lipinski definition) is 1. The highest BCUT2D eigenvalue weighted by Crippen LogP contribution is 2.21. The van der Waals surface area contributed by atoms with Crippen LogP contribution in [0.1, 0.15) is 18.0 Å². The van der Waals surface area contributed by atoms with E-state index in [-0.39, 0.29) is 24.9 Å². The topological polar surface area (TPSA) is 62.7 Å². The summed E-state index contributed by atoms with van der Waals surface area (Å²) in [5.74, 6) is 0. The lowest BCUT2D eigenvalue weighted by Crippen LogP contribution is -2.09. The van der Waals surface area contributed by atoms with Gasteiger partial charge >= 0.3 is 0 Å². The second-order valence-electron chi connectivity index (χ2n) is 2.37. The van der Waals surface area contributed by atoms with Crippen LogP contribution in [0, 0.1) is 11.3 Å². The van der Waals surface area contributed by atoms with Gasteiger partial charge in [0.15, 0.2) is 0 Å². The maximum Gasteiger partial charge on any atom is 0.0641 e. The van der Waals surface area contributed by atoms with Gasteiger partial charge in [0.1, 0.15) is 0 Å². The largest absolute Gasteiger partial charge is 0.323 e. The third kappa shape index (κ3) is 3.19. The number of rotatable bonds is 2. The quantitative estimate of drug-likeness (QED) is 0.826. The number of pyridine rings is 1. The maximum absolute atomic E-state index is 8.40. The molecule has 0 radical (unpaired) electrons. The Morgan fingerprint density at radius 1 is 1.69 bits per heavy atom. The van der Waals surface area contributed by atoms with Crippen molar-refractivity contribution in [2.45, 2.75) is 12.5 Å². The normalized spacial score (nSPS) is 11.2. The molecule has 0 saturated heterocycles. The lowest BCUT2D eigenvalue weighted by Gasteiger charge is -2.08. The van der Waals surface area contributed by atoms with Crippen molar-refractivity contribution < 1.29 is 0 Å². The van der Waals surface area contributed by atoms with Crippen LogP contribution in [0.3, 0.4) is 0 Å². The minimum Gasteiger partial charge on any atom is -0.323 e. The third-order valence-corrected chi connectivity index (χ3v) is 1.83. The van der Waals surface area contributed by atoms with Crippen LogP contribution in [0.4, 0.5) is 0 Å². The number of aromatic nitrogens is 1. The summed E-state index contributed by atoms with van der Waals surface area (Å²) in [4.78, 5) is 3.82. The molecule has 5 heteroatoms. The molecule has 0 aliphatic heterocycles. The fourth-order valence-corrected chi connectivity index (χ4v) is 1.15. The van der Waals surface area contributed by atoms with Crippen molar-refractivity contribution >= 4 is 24.0 Å². The number of hydrogen-bond acceptors (Lipinski definition) is 3. The van der Waals surface area contributed by atoms with E-state index in [0.29, 0.717) is 5.02 Å². The zero-order chi connectivity index (χ0) is 8.97.